The van der Waals surface area contributed by atoms with Gasteiger partial charge in [-0.2, -0.15) is 0 Å². The molecule has 0 bridgehead atoms. The highest BCUT2D eigenvalue weighted by Gasteiger charge is 2.15. The first-order valence-electron chi connectivity index (χ1n) is 9.83. The van der Waals surface area contributed by atoms with Crippen LogP contribution in [0.1, 0.15) is 82.6 Å². The average molecular weight is 318 g/mol. The number of hydrogen-bond acceptors (Lipinski definition) is 2. The van der Waals surface area contributed by atoms with Crippen molar-refractivity contribution < 1.29 is 4.74 Å². The third-order valence-corrected chi connectivity index (χ3v) is 4.94. The van der Waals surface area contributed by atoms with Gasteiger partial charge in [0.25, 0.3) is 0 Å². The zero-order valence-corrected chi connectivity index (χ0v) is 15.0. The highest BCUT2D eigenvalue weighted by Crippen LogP contribution is 2.27. The number of benzene rings is 1. The number of nitrogens with one attached hydrogen (secondary N) is 1. The van der Waals surface area contributed by atoms with Gasteiger partial charge in [-0.15, -0.1) is 0 Å². The summed E-state index contributed by atoms with van der Waals surface area (Å²) in [5, 5.41) is 3.44. The summed E-state index contributed by atoms with van der Waals surface area (Å²) >= 11 is 0. The molecule has 0 unspecified atom stereocenters. The van der Waals surface area contributed by atoms with Crippen molar-refractivity contribution in [2.75, 3.05) is 19.7 Å². The van der Waals surface area contributed by atoms with Gasteiger partial charge in [0.15, 0.2) is 0 Å². The Balaban J connectivity index is 1.58. The van der Waals surface area contributed by atoms with E-state index in [9.17, 15) is 0 Å². The highest BCUT2D eigenvalue weighted by atomic mass is 16.5. The molecule has 2 rings (SSSR count). The van der Waals surface area contributed by atoms with E-state index in [4.69, 9.17) is 4.74 Å². The Labute approximate surface area is 143 Å². The van der Waals surface area contributed by atoms with E-state index in [0.717, 1.165) is 25.4 Å². The van der Waals surface area contributed by atoms with E-state index in [1.54, 1.807) is 0 Å². The van der Waals surface area contributed by atoms with Gasteiger partial charge in [-0.25, -0.2) is 0 Å². The molecule has 1 saturated heterocycles. The van der Waals surface area contributed by atoms with Crippen LogP contribution in [0.3, 0.4) is 0 Å². The smallest absolute Gasteiger partial charge is 0.119 e. The predicted octanol–water partition coefficient (Wildman–Crippen LogP) is 5.67. The van der Waals surface area contributed by atoms with Crippen LogP contribution in [-0.4, -0.2) is 19.7 Å². The van der Waals surface area contributed by atoms with E-state index >= 15 is 0 Å². The topological polar surface area (TPSA) is 21.3 Å². The van der Waals surface area contributed by atoms with Crippen LogP contribution >= 0.6 is 0 Å². The minimum atomic E-state index is 0.711. The molecule has 23 heavy (non-hydrogen) atoms. The molecule has 1 aliphatic rings. The molecule has 0 saturated carbocycles. The van der Waals surface area contributed by atoms with Crippen LogP contribution in [0.4, 0.5) is 0 Å². The lowest BCUT2D eigenvalue weighted by Crippen LogP contribution is -2.26. The highest BCUT2D eigenvalue weighted by molar-refractivity contribution is 5.31. The van der Waals surface area contributed by atoms with Gasteiger partial charge in [0.05, 0.1) is 6.61 Å². The van der Waals surface area contributed by atoms with Crippen LogP contribution < -0.4 is 10.1 Å². The van der Waals surface area contributed by atoms with Gasteiger partial charge < -0.3 is 10.1 Å². The molecule has 1 aromatic rings. The third-order valence-electron chi connectivity index (χ3n) is 4.94. The Morgan fingerprint density at radius 2 is 1.65 bits per heavy atom. The molecular formula is C21H35NO. The molecule has 0 radical (unpaired) electrons. The van der Waals surface area contributed by atoms with Crippen molar-refractivity contribution in [1.29, 1.82) is 0 Å². The minimum absolute atomic E-state index is 0.711. The predicted molar refractivity (Wildman–Crippen MR) is 99.4 cm³/mol. The largest absolute Gasteiger partial charge is 0.494 e. The Bertz CT molecular complexity index is 412. The van der Waals surface area contributed by atoms with E-state index in [0.29, 0.717) is 5.92 Å². The lowest BCUT2D eigenvalue weighted by molar-refractivity contribution is 0.303. The number of piperidine rings is 1. The van der Waals surface area contributed by atoms with E-state index in [-0.39, 0.29) is 0 Å². The quantitative estimate of drug-likeness (QED) is 0.531. The molecule has 0 spiro atoms. The fraction of sp³-hybridized carbons (Fsp3) is 0.714. The molecule has 2 heteroatoms. The molecule has 0 aromatic heterocycles. The minimum Gasteiger partial charge on any atom is -0.494 e. The van der Waals surface area contributed by atoms with E-state index in [1.807, 2.05) is 0 Å². The average Bonchev–Trinajstić information content (AvgIpc) is 2.61. The van der Waals surface area contributed by atoms with Crippen molar-refractivity contribution >= 4 is 0 Å². The fourth-order valence-corrected chi connectivity index (χ4v) is 3.44. The van der Waals surface area contributed by atoms with Crippen molar-refractivity contribution in [2.45, 2.75) is 77.0 Å². The molecule has 1 N–H and O–H groups in total. The Morgan fingerprint density at radius 3 is 2.39 bits per heavy atom. The van der Waals surface area contributed by atoms with Gasteiger partial charge in [-0.3, -0.25) is 0 Å². The first-order chi connectivity index (χ1) is 11.4. The molecule has 0 aliphatic carbocycles. The van der Waals surface area contributed by atoms with Crippen molar-refractivity contribution in [2.24, 2.45) is 0 Å². The first kappa shape index (κ1) is 18.3. The maximum absolute atomic E-state index is 5.97. The normalized spacial score (nSPS) is 15.7. The van der Waals surface area contributed by atoms with Gasteiger partial charge in [-0.05, 0) is 56.0 Å². The molecule has 2 nitrogen and oxygen atoms in total. The second-order valence-corrected chi connectivity index (χ2v) is 6.92. The van der Waals surface area contributed by atoms with Gasteiger partial charge in [0.2, 0.25) is 0 Å². The zero-order chi connectivity index (χ0) is 16.2. The van der Waals surface area contributed by atoms with Crippen LogP contribution in [0, 0.1) is 0 Å². The van der Waals surface area contributed by atoms with Crippen molar-refractivity contribution in [3.63, 3.8) is 0 Å². The van der Waals surface area contributed by atoms with Crippen LogP contribution in [0.5, 0.6) is 5.75 Å². The van der Waals surface area contributed by atoms with Crippen LogP contribution in [-0.2, 0) is 0 Å². The molecule has 1 fully saturated rings. The van der Waals surface area contributed by atoms with Crippen LogP contribution in [0.15, 0.2) is 24.3 Å². The summed E-state index contributed by atoms with van der Waals surface area (Å²) in [6.45, 7) is 5.43. The SMILES string of the molecule is CCCCCCCCCCOc1cccc(C2CCNCC2)c1. The second-order valence-electron chi connectivity index (χ2n) is 6.92. The van der Waals surface area contributed by atoms with E-state index in [2.05, 4.69) is 36.5 Å². The Kier molecular flexibility index (Phi) is 9.16. The van der Waals surface area contributed by atoms with Crippen molar-refractivity contribution in [1.82, 2.24) is 5.32 Å². The number of rotatable bonds is 11. The lowest BCUT2D eigenvalue weighted by atomic mass is 9.90. The summed E-state index contributed by atoms with van der Waals surface area (Å²) in [5.41, 5.74) is 1.46. The molecule has 0 atom stereocenters. The van der Waals surface area contributed by atoms with Gasteiger partial charge >= 0.3 is 0 Å². The molecule has 1 aromatic carbocycles. The summed E-state index contributed by atoms with van der Waals surface area (Å²) in [5.74, 6) is 1.77. The standard InChI is InChI=1S/C21H35NO/c1-2-3-4-5-6-7-8-9-17-23-21-12-10-11-20(18-21)19-13-15-22-16-14-19/h10-12,18-19,22H,2-9,13-17H2,1H3. The first-order valence-corrected chi connectivity index (χ1v) is 9.83. The molecule has 130 valence electrons. The fourth-order valence-electron chi connectivity index (χ4n) is 3.44. The van der Waals surface area contributed by atoms with Crippen LogP contribution in [0.25, 0.3) is 0 Å². The number of hydrogen-bond donors (Lipinski definition) is 1. The second kappa shape index (κ2) is 11.5. The van der Waals surface area contributed by atoms with Crippen molar-refractivity contribution in [3.05, 3.63) is 29.8 Å². The summed E-state index contributed by atoms with van der Waals surface area (Å²) in [4.78, 5) is 0. The summed E-state index contributed by atoms with van der Waals surface area (Å²) in [6.07, 6.45) is 13.3. The van der Waals surface area contributed by atoms with Gasteiger partial charge in [-0.1, -0.05) is 64.0 Å². The molecule has 1 heterocycles. The lowest BCUT2D eigenvalue weighted by Gasteiger charge is -2.23. The molecule has 0 amide bonds. The van der Waals surface area contributed by atoms with E-state index < -0.39 is 0 Å². The summed E-state index contributed by atoms with van der Waals surface area (Å²) < 4.78 is 5.97. The summed E-state index contributed by atoms with van der Waals surface area (Å²) in [6, 6.07) is 8.79. The number of ether oxygens (including phenoxy) is 1. The van der Waals surface area contributed by atoms with E-state index in [1.165, 1.54) is 69.8 Å². The van der Waals surface area contributed by atoms with Gasteiger partial charge in [0.1, 0.15) is 5.75 Å². The maximum atomic E-state index is 5.97. The molecule has 1 aliphatic heterocycles. The van der Waals surface area contributed by atoms with Gasteiger partial charge in [0, 0.05) is 0 Å². The van der Waals surface area contributed by atoms with Crippen LogP contribution in [0.2, 0.25) is 0 Å². The Morgan fingerprint density at radius 1 is 0.957 bits per heavy atom. The Hall–Kier alpha value is -1.02. The molecular weight excluding hydrogens is 282 g/mol. The maximum Gasteiger partial charge on any atom is 0.119 e. The summed E-state index contributed by atoms with van der Waals surface area (Å²) in [7, 11) is 0. The van der Waals surface area contributed by atoms with Crippen molar-refractivity contribution in [3.8, 4) is 5.75 Å². The third kappa shape index (κ3) is 7.39. The zero-order valence-electron chi connectivity index (χ0n) is 15.0. The monoisotopic (exact) mass is 317 g/mol. The number of unbranched alkanes of at least 4 members (excludes halogenated alkanes) is 7.